The number of carbonyl (C=O) groups excluding carboxylic acids is 1. The maximum absolute atomic E-state index is 11.7. The zero-order chi connectivity index (χ0) is 13.3. The van der Waals surface area contributed by atoms with Gasteiger partial charge in [-0.2, -0.15) is 0 Å². The minimum atomic E-state index is -0.0966. The Labute approximate surface area is 109 Å². The van der Waals surface area contributed by atoms with Gasteiger partial charge < -0.3 is 4.74 Å². The van der Waals surface area contributed by atoms with Crippen molar-refractivity contribution in [1.29, 1.82) is 0 Å². The molecule has 0 unspecified atom stereocenters. The largest absolute Gasteiger partial charge is 0.461 e. The first-order valence-electron chi connectivity index (χ1n) is 6.44. The molecule has 1 aromatic carbocycles. The highest BCUT2D eigenvalue weighted by molar-refractivity contribution is 5.77. The Kier molecular flexibility index (Phi) is 3.71. The lowest BCUT2D eigenvalue weighted by Crippen LogP contribution is -2.35. The van der Waals surface area contributed by atoms with Crippen LogP contribution in [0.5, 0.6) is 0 Å². The molecule has 0 aromatic heterocycles. The average molecular weight is 247 g/mol. The van der Waals surface area contributed by atoms with Crippen molar-refractivity contribution >= 4 is 5.97 Å². The van der Waals surface area contributed by atoms with Crippen LogP contribution in [0.15, 0.2) is 18.2 Å². The number of cyclic esters (lactones) is 1. The van der Waals surface area contributed by atoms with E-state index in [2.05, 4.69) is 36.9 Å². The van der Waals surface area contributed by atoms with Crippen LogP contribution in [0.2, 0.25) is 0 Å². The third-order valence-corrected chi connectivity index (χ3v) is 3.59. The molecule has 3 heteroatoms. The molecule has 2 atom stereocenters. The summed E-state index contributed by atoms with van der Waals surface area (Å²) in [6, 6.07) is 6.34. The second kappa shape index (κ2) is 5.11. The molecule has 1 aliphatic rings. The first kappa shape index (κ1) is 13.1. The van der Waals surface area contributed by atoms with Gasteiger partial charge in [0.15, 0.2) is 0 Å². The second-order valence-corrected chi connectivity index (χ2v) is 5.34. The Morgan fingerprint density at radius 2 is 2.11 bits per heavy atom. The zero-order valence-corrected chi connectivity index (χ0v) is 11.6. The average Bonchev–Trinajstić information content (AvgIpc) is 2.62. The highest BCUT2D eigenvalue weighted by Gasteiger charge is 2.34. The number of carbonyl (C=O) groups is 1. The lowest BCUT2D eigenvalue weighted by atomic mass is 10.0. The molecule has 0 radical (unpaired) electrons. The maximum Gasteiger partial charge on any atom is 0.323 e. The maximum atomic E-state index is 11.7. The van der Waals surface area contributed by atoms with Crippen molar-refractivity contribution in [3.63, 3.8) is 0 Å². The van der Waals surface area contributed by atoms with Crippen LogP contribution in [-0.2, 0) is 16.1 Å². The van der Waals surface area contributed by atoms with E-state index < -0.39 is 0 Å². The summed E-state index contributed by atoms with van der Waals surface area (Å²) in [6.45, 7) is 6.95. The summed E-state index contributed by atoms with van der Waals surface area (Å²) in [5.41, 5.74) is 3.82. The Morgan fingerprint density at radius 1 is 1.39 bits per heavy atom. The van der Waals surface area contributed by atoms with Crippen LogP contribution in [0.3, 0.4) is 0 Å². The number of nitrogens with zero attached hydrogens (tertiary/aromatic N) is 1. The van der Waals surface area contributed by atoms with Gasteiger partial charge in [0.2, 0.25) is 0 Å². The van der Waals surface area contributed by atoms with Crippen LogP contribution in [0.4, 0.5) is 0 Å². The van der Waals surface area contributed by atoms with E-state index in [-0.39, 0.29) is 18.1 Å². The first-order valence-corrected chi connectivity index (χ1v) is 6.44. The van der Waals surface area contributed by atoms with Crippen molar-refractivity contribution < 1.29 is 9.53 Å². The number of hydrogen-bond acceptors (Lipinski definition) is 3. The quantitative estimate of drug-likeness (QED) is 0.768. The lowest BCUT2D eigenvalue weighted by Gasteiger charge is -2.22. The van der Waals surface area contributed by atoms with Crippen molar-refractivity contribution in [2.45, 2.75) is 45.9 Å². The molecule has 0 saturated carbocycles. The number of aryl methyl sites for hydroxylation is 2. The van der Waals surface area contributed by atoms with Crippen LogP contribution >= 0.6 is 0 Å². The normalized spacial score (nSPS) is 23.5. The highest BCUT2D eigenvalue weighted by atomic mass is 16.6. The molecular formula is C15H21NO2. The zero-order valence-electron chi connectivity index (χ0n) is 11.6. The van der Waals surface area contributed by atoms with Gasteiger partial charge in [-0.25, -0.2) is 0 Å². The molecule has 0 aliphatic carbocycles. The smallest absolute Gasteiger partial charge is 0.323 e. The van der Waals surface area contributed by atoms with Gasteiger partial charge in [-0.3, -0.25) is 9.69 Å². The molecule has 18 heavy (non-hydrogen) atoms. The Balaban J connectivity index is 2.07. The van der Waals surface area contributed by atoms with Crippen LogP contribution < -0.4 is 0 Å². The summed E-state index contributed by atoms with van der Waals surface area (Å²) in [5, 5.41) is 0. The molecule has 0 bridgehead atoms. The first-order chi connectivity index (χ1) is 8.47. The number of ether oxygens (including phenoxy) is 1. The number of esters is 1. The van der Waals surface area contributed by atoms with Crippen molar-refractivity contribution in [2.75, 3.05) is 7.05 Å². The minimum absolute atomic E-state index is 0.0454. The topological polar surface area (TPSA) is 29.5 Å². The molecule has 1 fully saturated rings. The van der Waals surface area contributed by atoms with Gasteiger partial charge in [-0.1, -0.05) is 23.8 Å². The summed E-state index contributed by atoms with van der Waals surface area (Å²) in [5.74, 6) is -0.0882. The van der Waals surface area contributed by atoms with Crippen LogP contribution in [-0.4, -0.2) is 30.1 Å². The fourth-order valence-corrected chi connectivity index (χ4v) is 2.50. The Hall–Kier alpha value is -1.35. The van der Waals surface area contributed by atoms with E-state index in [1.165, 1.54) is 16.7 Å². The Bertz CT molecular complexity index is 456. The molecule has 0 spiro atoms. The van der Waals surface area contributed by atoms with Crippen LogP contribution in [0.1, 0.15) is 30.0 Å². The van der Waals surface area contributed by atoms with Crippen molar-refractivity contribution in [1.82, 2.24) is 4.90 Å². The van der Waals surface area contributed by atoms with Crippen LogP contribution in [0.25, 0.3) is 0 Å². The van der Waals surface area contributed by atoms with Gasteiger partial charge in [0.25, 0.3) is 0 Å². The summed E-state index contributed by atoms with van der Waals surface area (Å²) < 4.78 is 5.20. The van der Waals surface area contributed by atoms with Gasteiger partial charge in [0.1, 0.15) is 12.1 Å². The van der Waals surface area contributed by atoms with E-state index in [0.29, 0.717) is 0 Å². The van der Waals surface area contributed by atoms with Gasteiger partial charge in [-0.05, 0) is 38.9 Å². The van der Waals surface area contributed by atoms with Gasteiger partial charge in [0.05, 0.1) is 0 Å². The third-order valence-electron chi connectivity index (χ3n) is 3.59. The van der Waals surface area contributed by atoms with E-state index in [1.54, 1.807) is 0 Å². The number of hydrogen-bond donors (Lipinski definition) is 0. The second-order valence-electron chi connectivity index (χ2n) is 5.34. The number of benzene rings is 1. The van der Waals surface area contributed by atoms with Gasteiger partial charge >= 0.3 is 5.97 Å². The summed E-state index contributed by atoms with van der Waals surface area (Å²) in [7, 11) is 1.99. The predicted molar refractivity (Wildman–Crippen MR) is 71.3 cm³/mol. The standard InChI is InChI=1S/C15H21NO2/c1-10-5-6-13(11(2)7-10)9-16(4)14-8-12(3)18-15(14)17/h5-7,12,14H,8-9H2,1-4H3/t12-,14-/m0/s1. The molecule has 1 saturated heterocycles. The van der Waals surface area contributed by atoms with E-state index in [4.69, 9.17) is 4.74 Å². The summed E-state index contributed by atoms with van der Waals surface area (Å²) in [6.07, 6.45) is 0.837. The molecule has 1 aromatic rings. The van der Waals surface area contributed by atoms with Gasteiger partial charge in [-0.15, -0.1) is 0 Å². The third kappa shape index (κ3) is 2.72. The molecule has 1 heterocycles. The van der Waals surface area contributed by atoms with Crippen molar-refractivity contribution in [3.05, 3.63) is 34.9 Å². The SMILES string of the molecule is Cc1ccc(CN(C)[C@H]2C[C@H](C)OC2=O)c(C)c1. The molecule has 0 amide bonds. The van der Waals surface area contributed by atoms with E-state index in [0.717, 1.165) is 13.0 Å². The molecule has 0 N–H and O–H groups in total. The molecular weight excluding hydrogens is 226 g/mol. The molecule has 1 aliphatic heterocycles. The van der Waals surface area contributed by atoms with E-state index in [1.807, 2.05) is 14.0 Å². The monoisotopic (exact) mass is 247 g/mol. The molecule has 98 valence electrons. The predicted octanol–water partition coefficient (Wildman–Crippen LogP) is 2.44. The van der Waals surface area contributed by atoms with E-state index >= 15 is 0 Å². The van der Waals surface area contributed by atoms with Crippen LogP contribution in [0, 0.1) is 13.8 Å². The molecule has 2 rings (SSSR count). The fraction of sp³-hybridized carbons (Fsp3) is 0.533. The summed E-state index contributed by atoms with van der Waals surface area (Å²) in [4.78, 5) is 13.8. The van der Waals surface area contributed by atoms with Crippen molar-refractivity contribution in [2.24, 2.45) is 0 Å². The minimum Gasteiger partial charge on any atom is -0.461 e. The lowest BCUT2D eigenvalue weighted by molar-refractivity contribution is -0.144. The van der Waals surface area contributed by atoms with E-state index in [9.17, 15) is 4.79 Å². The summed E-state index contributed by atoms with van der Waals surface area (Å²) >= 11 is 0. The fourth-order valence-electron chi connectivity index (χ4n) is 2.50. The van der Waals surface area contributed by atoms with Gasteiger partial charge in [0, 0.05) is 13.0 Å². The highest BCUT2D eigenvalue weighted by Crippen LogP contribution is 2.21. The molecule has 3 nitrogen and oxygen atoms in total. The number of rotatable bonds is 3. The number of likely N-dealkylation sites (N-methyl/N-ethyl adjacent to an activating group) is 1. The Morgan fingerprint density at radius 3 is 2.67 bits per heavy atom. The van der Waals surface area contributed by atoms with Crippen molar-refractivity contribution in [3.8, 4) is 0 Å².